The number of carbonyl (C=O) groups excluding carboxylic acids is 1. The molecule has 0 aliphatic heterocycles. The number of nitrogens with one attached hydrogen (secondary N) is 1. The first kappa shape index (κ1) is 13.0. The van der Waals surface area contributed by atoms with Gasteiger partial charge in [-0.25, -0.2) is 0 Å². The second kappa shape index (κ2) is 5.44. The van der Waals surface area contributed by atoms with Crippen LogP contribution in [0.3, 0.4) is 0 Å². The summed E-state index contributed by atoms with van der Waals surface area (Å²) in [5.41, 5.74) is 8.54. The minimum atomic E-state index is -0.232. The highest BCUT2D eigenvalue weighted by Crippen LogP contribution is 2.20. The third-order valence-electron chi connectivity index (χ3n) is 2.81. The second-order valence-corrected chi connectivity index (χ2v) is 4.27. The van der Waals surface area contributed by atoms with E-state index in [1.165, 1.54) is 0 Å². The summed E-state index contributed by atoms with van der Waals surface area (Å²) in [6.07, 6.45) is 0. The van der Waals surface area contributed by atoms with Gasteiger partial charge in [-0.05, 0) is 31.2 Å². The van der Waals surface area contributed by atoms with Crippen molar-refractivity contribution < 1.29 is 9.53 Å². The van der Waals surface area contributed by atoms with E-state index < -0.39 is 0 Å². The molecular weight excluding hydrogens is 240 g/mol. The predicted molar refractivity (Wildman–Crippen MR) is 76.5 cm³/mol. The van der Waals surface area contributed by atoms with Crippen molar-refractivity contribution in [3.8, 4) is 5.75 Å². The quantitative estimate of drug-likeness (QED) is 0.830. The lowest BCUT2D eigenvalue weighted by molar-refractivity contribution is 0.102. The van der Waals surface area contributed by atoms with Crippen molar-refractivity contribution >= 4 is 17.3 Å². The maximum atomic E-state index is 12.1. The van der Waals surface area contributed by atoms with Gasteiger partial charge in [0.2, 0.25) is 0 Å². The lowest BCUT2D eigenvalue weighted by Crippen LogP contribution is -2.14. The Kier molecular flexibility index (Phi) is 3.71. The van der Waals surface area contributed by atoms with Crippen LogP contribution in [0.15, 0.2) is 42.5 Å². The number of rotatable bonds is 3. The molecule has 4 nitrogen and oxygen atoms in total. The molecule has 19 heavy (non-hydrogen) atoms. The first-order valence-electron chi connectivity index (χ1n) is 5.91. The standard InChI is InChI=1S/C15H16N2O2/c1-10-3-5-11(6-4-10)17-15(18)13-8-7-12(19-2)9-14(13)16/h3-9H,16H2,1-2H3,(H,17,18). The zero-order chi connectivity index (χ0) is 13.8. The van der Waals surface area contributed by atoms with Crippen LogP contribution in [0, 0.1) is 6.92 Å². The van der Waals surface area contributed by atoms with Crippen LogP contribution in [0.2, 0.25) is 0 Å². The van der Waals surface area contributed by atoms with Crippen LogP contribution < -0.4 is 15.8 Å². The van der Waals surface area contributed by atoms with Crippen molar-refractivity contribution in [3.63, 3.8) is 0 Å². The summed E-state index contributed by atoms with van der Waals surface area (Å²) in [6.45, 7) is 1.99. The largest absolute Gasteiger partial charge is 0.497 e. The average molecular weight is 256 g/mol. The number of nitrogen functional groups attached to an aromatic ring is 1. The zero-order valence-corrected chi connectivity index (χ0v) is 10.9. The monoisotopic (exact) mass is 256 g/mol. The van der Waals surface area contributed by atoms with Crippen LogP contribution in [0.4, 0.5) is 11.4 Å². The van der Waals surface area contributed by atoms with Gasteiger partial charge in [-0.3, -0.25) is 4.79 Å². The summed E-state index contributed by atoms with van der Waals surface area (Å²) in [4.78, 5) is 12.1. The van der Waals surface area contributed by atoms with Gasteiger partial charge in [0, 0.05) is 17.4 Å². The normalized spacial score (nSPS) is 10.0. The molecular formula is C15H16N2O2. The fourth-order valence-electron chi connectivity index (χ4n) is 1.71. The van der Waals surface area contributed by atoms with Crippen LogP contribution >= 0.6 is 0 Å². The highest BCUT2D eigenvalue weighted by molar-refractivity contribution is 6.07. The van der Waals surface area contributed by atoms with Crippen molar-refractivity contribution in [2.75, 3.05) is 18.2 Å². The molecule has 2 aromatic rings. The van der Waals surface area contributed by atoms with E-state index in [1.807, 2.05) is 31.2 Å². The molecule has 3 N–H and O–H groups in total. The van der Waals surface area contributed by atoms with E-state index in [9.17, 15) is 4.79 Å². The summed E-state index contributed by atoms with van der Waals surface area (Å²) < 4.78 is 5.05. The van der Waals surface area contributed by atoms with Gasteiger partial charge in [0.25, 0.3) is 5.91 Å². The number of nitrogens with two attached hydrogens (primary N) is 1. The van der Waals surface area contributed by atoms with Crippen molar-refractivity contribution in [1.29, 1.82) is 0 Å². The molecule has 4 heteroatoms. The van der Waals surface area contributed by atoms with Gasteiger partial charge in [0.05, 0.1) is 12.7 Å². The molecule has 0 aliphatic carbocycles. The Morgan fingerprint density at radius 2 is 1.84 bits per heavy atom. The number of anilines is 2. The van der Waals surface area contributed by atoms with Gasteiger partial charge in [-0.2, -0.15) is 0 Å². The van der Waals surface area contributed by atoms with Crippen LogP contribution in [0.25, 0.3) is 0 Å². The molecule has 0 fully saturated rings. The number of hydrogen-bond donors (Lipinski definition) is 2. The minimum absolute atomic E-state index is 0.232. The predicted octanol–water partition coefficient (Wildman–Crippen LogP) is 2.84. The molecule has 2 aromatic carbocycles. The summed E-state index contributed by atoms with van der Waals surface area (Å²) in [5, 5.41) is 2.80. The smallest absolute Gasteiger partial charge is 0.257 e. The second-order valence-electron chi connectivity index (χ2n) is 4.27. The Bertz CT molecular complexity index is 592. The molecule has 0 atom stereocenters. The highest BCUT2D eigenvalue weighted by Gasteiger charge is 2.10. The average Bonchev–Trinajstić information content (AvgIpc) is 2.41. The molecule has 0 heterocycles. The molecule has 1 amide bonds. The Balaban J connectivity index is 2.18. The van der Waals surface area contributed by atoms with Gasteiger partial charge in [0.1, 0.15) is 5.75 Å². The molecule has 0 saturated heterocycles. The molecule has 0 radical (unpaired) electrons. The third kappa shape index (κ3) is 3.04. The first-order valence-corrected chi connectivity index (χ1v) is 5.91. The minimum Gasteiger partial charge on any atom is -0.497 e. The van der Waals surface area contributed by atoms with Gasteiger partial charge in [-0.1, -0.05) is 17.7 Å². The van der Waals surface area contributed by atoms with Crippen LogP contribution in [0.1, 0.15) is 15.9 Å². The van der Waals surface area contributed by atoms with E-state index in [0.29, 0.717) is 17.0 Å². The lowest BCUT2D eigenvalue weighted by Gasteiger charge is -2.09. The molecule has 0 spiro atoms. The van der Waals surface area contributed by atoms with Crippen LogP contribution in [0.5, 0.6) is 5.75 Å². The van der Waals surface area contributed by atoms with E-state index >= 15 is 0 Å². The summed E-state index contributed by atoms with van der Waals surface area (Å²) >= 11 is 0. The Labute approximate surface area is 112 Å². The number of benzene rings is 2. The van der Waals surface area contributed by atoms with Gasteiger partial charge in [-0.15, -0.1) is 0 Å². The van der Waals surface area contributed by atoms with E-state index in [2.05, 4.69) is 5.32 Å². The molecule has 0 unspecified atom stereocenters. The van der Waals surface area contributed by atoms with Crippen molar-refractivity contribution in [3.05, 3.63) is 53.6 Å². The lowest BCUT2D eigenvalue weighted by atomic mass is 10.1. The third-order valence-corrected chi connectivity index (χ3v) is 2.81. The van der Waals surface area contributed by atoms with Gasteiger partial charge >= 0.3 is 0 Å². The van der Waals surface area contributed by atoms with Crippen molar-refractivity contribution in [2.24, 2.45) is 0 Å². The van der Waals surface area contributed by atoms with E-state index in [4.69, 9.17) is 10.5 Å². The number of hydrogen-bond acceptors (Lipinski definition) is 3. The van der Waals surface area contributed by atoms with Crippen LogP contribution in [-0.2, 0) is 0 Å². The topological polar surface area (TPSA) is 64.3 Å². The number of amides is 1. The molecule has 0 aliphatic rings. The van der Waals surface area contributed by atoms with E-state index in [-0.39, 0.29) is 5.91 Å². The molecule has 0 bridgehead atoms. The molecule has 98 valence electrons. The van der Waals surface area contributed by atoms with E-state index in [1.54, 1.807) is 25.3 Å². The Hall–Kier alpha value is -2.49. The fourth-order valence-corrected chi connectivity index (χ4v) is 1.71. The summed E-state index contributed by atoms with van der Waals surface area (Å²) in [7, 11) is 1.56. The van der Waals surface area contributed by atoms with Crippen LogP contribution in [-0.4, -0.2) is 13.0 Å². The molecule has 0 saturated carbocycles. The molecule has 0 aromatic heterocycles. The number of aryl methyl sites for hydroxylation is 1. The Morgan fingerprint density at radius 3 is 2.42 bits per heavy atom. The number of carbonyl (C=O) groups is 1. The first-order chi connectivity index (χ1) is 9.10. The van der Waals surface area contributed by atoms with Crippen molar-refractivity contribution in [2.45, 2.75) is 6.92 Å². The Morgan fingerprint density at radius 1 is 1.16 bits per heavy atom. The number of methoxy groups -OCH3 is 1. The summed E-state index contributed by atoms with van der Waals surface area (Å²) in [6, 6.07) is 12.6. The van der Waals surface area contributed by atoms with Crippen molar-refractivity contribution in [1.82, 2.24) is 0 Å². The van der Waals surface area contributed by atoms with Gasteiger partial charge in [0.15, 0.2) is 0 Å². The fraction of sp³-hybridized carbons (Fsp3) is 0.133. The van der Waals surface area contributed by atoms with E-state index in [0.717, 1.165) is 11.3 Å². The SMILES string of the molecule is COc1ccc(C(=O)Nc2ccc(C)cc2)c(N)c1. The number of ether oxygens (including phenoxy) is 1. The zero-order valence-electron chi connectivity index (χ0n) is 10.9. The molecule has 2 rings (SSSR count). The maximum Gasteiger partial charge on any atom is 0.257 e. The highest BCUT2D eigenvalue weighted by atomic mass is 16.5. The maximum absolute atomic E-state index is 12.1. The summed E-state index contributed by atoms with van der Waals surface area (Å²) in [5.74, 6) is 0.397. The van der Waals surface area contributed by atoms with Gasteiger partial charge < -0.3 is 15.8 Å².